The lowest BCUT2D eigenvalue weighted by atomic mass is 10.1. The maximum Gasteiger partial charge on any atom is 0.281 e. The number of ether oxygens (including phenoxy) is 1. The largest absolute Gasteiger partial charge is 0.390 e. The van der Waals surface area contributed by atoms with Crippen molar-refractivity contribution in [3.8, 4) is 0 Å². The molecule has 0 amide bonds. The highest BCUT2D eigenvalue weighted by molar-refractivity contribution is 5.69. The van der Waals surface area contributed by atoms with E-state index in [0.717, 1.165) is 12.0 Å². The van der Waals surface area contributed by atoms with Crippen LogP contribution < -0.4 is 5.56 Å². The van der Waals surface area contributed by atoms with Crippen molar-refractivity contribution >= 4 is 11.2 Å². The molecule has 0 radical (unpaired) electrons. The van der Waals surface area contributed by atoms with Crippen LogP contribution in [0.1, 0.15) is 39.8 Å². The monoisotopic (exact) mass is 318 g/mol. The van der Waals surface area contributed by atoms with Gasteiger partial charge < -0.3 is 9.84 Å². The van der Waals surface area contributed by atoms with E-state index in [1.54, 1.807) is 10.9 Å². The van der Waals surface area contributed by atoms with E-state index in [1.165, 1.54) is 10.9 Å². The minimum Gasteiger partial charge on any atom is -0.390 e. The van der Waals surface area contributed by atoms with Crippen LogP contribution in [-0.4, -0.2) is 36.4 Å². The number of aliphatic hydroxyl groups excluding tert-OH is 1. The first-order chi connectivity index (χ1) is 11.0. The lowest BCUT2D eigenvalue weighted by molar-refractivity contribution is -0.0183. The van der Waals surface area contributed by atoms with Crippen molar-refractivity contribution in [2.24, 2.45) is 0 Å². The van der Waals surface area contributed by atoms with Crippen molar-refractivity contribution in [3.63, 3.8) is 0 Å². The predicted octanol–water partition coefficient (Wildman–Crippen LogP) is 1.62. The number of aliphatic hydroxyl groups is 1. The highest BCUT2D eigenvalue weighted by Crippen LogP contribution is 2.31. The summed E-state index contributed by atoms with van der Waals surface area (Å²) in [5, 5.41) is 10.00. The highest BCUT2D eigenvalue weighted by atomic mass is 16.5. The SMILES string of the molecule is CC[C@H]1O[C@@H](n2cnc3c(=O)n(CC=C(C)C)cnc32)C[C@H]1O. The van der Waals surface area contributed by atoms with Crippen LogP contribution in [0.3, 0.4) is 0 Å². The maximum absolute atomic E-state index is 12.5. The molecule has 1 saturated heterocycles. The first-order valence-electron chi connectivity index (χ1n) is 7.90. The number of hydrogen-bond acceptors (Lipinski definition) is 5. The Morgan fingerprint density at radius 1 is 1.43 bits per heavy atom. The van der Waals surface area contributed by atoms with Crippen LogP contribution in [0.15, 0.2) is 29.1 Å². The van der Waals surface area contributed by atoms with Gasteiger partial charge in [-0.25, -0.2) is 9.97 Å². The van der Waals surface area contributed by atoms with Gasteiger partial charge in [-0.05, 0) is 20.3 Å². The molecule has 3 rings (SSSR count). The summed E-state index contributed by atoms with van der Waals surface area (Å²) in [6.07, 6.45) is 5.27. The van der Waals surface area contributed by atoms with E-state index in [2.05, 4.69) is 9.97 Å². The Hall–Kier alpha value is -1.99. The van der Waals surface area contributed by atoms with Crippen molar-refractivity contribution < 1.29 is 9.84 Å². The molecule has 1 fully saturated rings. The molecule has 0 saturated carbocycles. The van der Waals surface area contributed by atoms with E-state index in [0.29, 0.717) is 24.1 Å². The van der Waals surface area contributed by atoms with Gasteiger partial charge in [-0.1, -0.05) is 18.6 Å². The number of hydrogen-bond donors (Lipinski definition) is 1. The van der Waals surface area contributed by atoms with Gasteiger partial charge in [-0.3, -0.25) is 13.9 Å². The van der Waals surface area contributed by atoms with Gasteiger partial charge in [0.05, 0.1) is 18.5 Å². The van der Waals surface area contributed by atoms with Crippen molar-refractivity contribution in [1.82, 2.24) is 19.1 Å². The highest BCUT2D eigenvalue weighted by Gasteiger charge is 2.34. The van der Waals surface area contributed by atoms with E-state index >= 15 is 0 Å². The third-order valence-corrected chi connectivity index (χ3v) is 4.16. The Labute approximate surface area is 134 Å². The van der Waals surface area contributed by atoms with E-state index in [-0.39, 0.29) is 17.9 Å². The fourth-order valence-electron chi connectivity index (χ4n) is 2.82. The predicted molar refractivity (Wildman–Crippen MR) is 86.0 cm³/mol. The molecule has 0 bridgehead atoms. The lowest BCUT2D eigenvalue weighted by Crippen LogP contribution is -2.21. The van der Waals surface area contributed by atoms with Crippen LogP contribution in [0.4, 0.5) is 0 Å². The van der Waals surface area contributed by atoms with Crippen LogP contribution in [-0.2, 0) is 11.3 Å². The van der Waals surface area contributed by atoms with Gasteiger partial charge in [-0.15, -0.1) is 0 Å². The van der Waals surface area contributed by atoms with Crippen molar-refractivity contribution in [2.75, 3.05) is 0 Å². The first-order valence-corrected chi connectivity index (χ1v) is 7.90. The molecule has 1 N–H and O–H groups in total. The van der Waals surface area contributed by atoms with Crippen molar-refractivity contribution in [2.45, 2.75) is 58.6 Å². The Bertz CT molecular complexity index is 788. The molecule has 2 aromatic rings. The third kappa shape index (κ3) is 2.94. The summed E-state index contributed by atoms with van der Waals surface area (Å²) in [7, 11) is 0. The third-order valence-electron chi connectivity index (χ3n) is 4.16. The molecule has 124 valence electrons. The second kappa shape index (κ2) is 6.25. The average molecular weight is 318 g/mol. The lowest BCUT2D eigenvalue weighted by Gasteiger charge is -2.14. The summed E-state index contributed by atoms with van der Waals surface area (Å²) in [4.78, 5) is 21.1. The molecule has 7 heteroatoms. The number of nitrogens with zero attached hydrogens (tertiary/aromatic N) is 4. The number of imidazole rings is 1. The Morgan fingerprint density at radius 2 is 2.22 bits per heavy atom. The minimum atomic E-state index is -0.500. The van der Waals surface area contributed by atoms with Crippen molar-refractivity contribution in [3.05, 3.63) is 34.7 Å². The van der Waals surface area contributed by atoms with Gasteiger partial charge >= 0.3 is 0 Å². The smallest absolute Gasteiger partial charge is 0.281 e. The molecule has 0 unspecified atom stereocenters. The van der Waals surface area contributed by atoms with E-state index in [4.69, 9.17) is 4.74 Å². The molecule has 1 aliphatic heterocycles. The average Bonchev–Trinajstić information content (AvgIpc) is 3.10. The second-order valence-electron chi connectivity index (χ2n) is 6.15. The van der Waals surface area contributed by atoms with Crippen LogP contribution in [0, 0.1) is 0 Å². The Kier molecular flexibility index (Phi) is 4.32. The molecule has 0 spiro atoms. The number of rotatable bonds is 4. The molecule has 7 nitrogen and oxygen atoms in total. The molecule has 2 aromatic heterocycles. The molecule has 1 aliphatic rings. The second-order valence-corrected chi connectivity index (χ2v) is 6.15. The molecule has 0 aromatic carbocycles. The van der Waals surface area contributed by atoms with Crippen LogP contribution in [0.2, 0.25) is 0 Å². The molecule has 23 heavy (non-hydrogen) atoms. The number of aromatic nitrogens is 4. The zero-order valence-electron chi connectivity index (χ0n) is 13.6. The van der Waals surface area contributed by atoms with E-state index in [1.807, 2.05) is 26.8 Å². The Balaban J connectivity index is 1.95. The quantitative estimate of drug-likeness (QED) is 0.866. The first kappa shape index (κ1) is 15.9. The fourth-order valence-corrected chi connectivity index (χ4v) is 2.82. The van der Waals surface area contributed by atoms with Gasteiger partial charge in [0.2, 0.25) is 0 Å². The Morgan fingerprint density at radius 3 is 2.87 bits per heavy atom. The van der Waals surface area contributed by atoms with Crippen LogP contribution in [0.25, 0.3) is 11.2 Å². The van der Waals surface area contributed by atoms with Crippen LogP contribution in [0.5, 0.6) is 0 Å². The van der Waals surface area contributed by atoms with Gasteiger partial charge in [0.15, 0.2) is 11.2 Å². The summed E-state index contributed by atoms with van der Waals surface area (Å²) in [5.41, 5.74) is 1.79. The maximum atomic E-state index is 12.5. The topological polar surface area (TPSA) is 82.2 Å². The fraction of sp³-hybridized carbons (Fsp3) is 0.562. The number of fused-ring (bicyclic) bond motifs is 1. The van der Waals surface area contributed by atoms with E-state index < -0.39 is 6.10 Å². The summed E-state index contributed by atoms with van der Waals surface area (Å²) in [6.45, 7) is 6.42. The van der Waals surface area contributed by atoms with Gasteiger partial charge in [-0.2, -0.15) is 0 Å². The van der Waals surface area contributed by atoms with Gasteiger partial charge in [0, 0.05) is 13.0 Å². The minimum absolute atomic E-state index is 0.170. The normalized spacial score (nSPS) is 24.3. The summed E-state index contributed by atoms with van der Waals surface area (Å²) in [5.74, 6) is 0. The molecule has 3 atom stereocenters. The zero-order chi connectivity index (χ0) is 16.6. The van der Waals surface area contributed by atoms with E-state index in [9.17, 15) is 9.90 Å². The zero-order valence-corrected chi connectivity index (χ0v) is 13.6. The van der Waals surface area contributed by atoms with Crippen molar-refractivity contribution in [1.29, 1.82) is 0 Å². The number of allylic oxidation sites excluding steroid dienone is 2. The van der Waals surface area contributed by atoms with Gasteiger partial charge in [0.1, 0.15) is 12.6 Å². The summed E-state index contributed by atoms with van der Waals surface area (Å²) >= 11 is 0. The van der Waals surface area contributed by atoms with Gasteiger partial charge in [0.25, 0.3) is 5.56 Å². The molecular formula is C16H22N4O3. The van der Waals surface area contributed by atoms with Crippen LogP contribution >= 0.6 is 0 Å². The molecule has 3 heterocycles. The molecule has 0 aliphatic carbocycles. The summed E-state index contributed by atoms with van der Waals surface area (Å²) in [6, 6.07) is 0. The standard InChI is InChI=1S/C16H22N4O3/c1-4-12-11(21)7-13(23-12)20-9-17-14-15(20)18-8-19(16(14)22)6-5-10(2)3/h5,8-9,11-13,21H,4,6-7H2,1-3H3/t11-,12-,13-/m1/s1. The molecular weight excluding hydrogens is 296 g/mol. The summed E-state index contributed by atoms with van der Waals surface area (Å²) < 4.78 is 9.11.